The van der Waals surface area contributed by atoms with Crippen molar-refractivity contribution in [3.05, 3.63) is 50.2 Å². The van der Waals surface area contributed by atoms with Gasteiger partial charge in [-0.25, -0.2) is 4.98 Å². The Kier molecular flexibility index (Phi) is 4.22. The maximum Gasteiger partial charge on any atom is 0.305 e. The average Bonchev–Trinajstić information content (AvgIpc) is 2.84. The first-order chi connectivity index (χ1) is 9.77. The molecule has 0 atom stereocenters. The topological polar surface area (TPSA) is 65.3 Å². The quantitative estimate of drug-likeness (QED) is 0.631. The number of nitro groups is 1. The van der Waals surface area contributed by atoms with E-state index in [0.717, 1.165) is 22.8 Å². The van der Waals surface area contributed by atoms with Crippen LogP contribution in [0.1, 0.15) is 31.5 Å². The molecule has 0 amide bonds. The van der Waals surface area contributed by atoms with Gasteiger partial charge < -0.3 is 4.74 Å². The number of halogens is 1. The molecule has 0 bridgehead atoms. The van der Waals surface area contributed by atoms with E-state index < -0.39 is 16.4 Å². The summed E-state index contributed by atoms with van der Waals surface area (Å²) < 4.78 is 18.9. The van der Waals surface area contributed by atoms with Crippen molar-refractivity contribution in [2.24, 2.45) is 0 Å². The van der Waals surface area contributed by atoms with Gasteiger partial charge in [-0.3, -0.25) is 10.1 Å². The van der Waals surface area contributed by atoms with E-state index in [1.165, 1.54) is 17.4 Å². The van der Waals surface area contributed by atoms with E-state index in [2.05, 4.69) is 25.8 Å². The summed E-state index contributed by atoms with van der Waals surface area (Å²) in [5, 5.41) is 13.3. The van der Waals surface area contributed by atoms with Gasteiger partial charge in [-0.1, -0.05) is 20.8 Å². The third kappa shape index (κ3) is 3.75. The number of aromatic nitrogens is 1. The summed E-state index contributed by atoms with van der Waals surface area (Å²) in [7, 11) is 0. The van der Waals surface area contributed by atoms with Crippen LogP contribution in [-0.4, -0.2) is 9.91 Å². The predicted molar refractivity (Wildman–Crippen MR) is 78.2 cm³/mol. The highest BCUT2D eigenvalue weighted by Gasteiger charge is 2.18. The molecule has 2 aromatic rings. The number of hydrogen-bond acceptors (Lipinski definition) is 5. The van der Waals surface area contributed by atoms with Crippen molar-refractivity contribution in [3.63, 3.8) is 0 Å². The molecule has 5 nitrogen and oxygen atoms in total. The van der Waals surface area contributed by atoms with Crippen molar-refractivity contribution < 1.29 is 14.1 Å². The molecule has 0 aliphatic carbocycles. The van der Waals surface area contributed by atoms with Gasteiger partial charge in [0.25, 0.3) is 0 Å². The number of benzene rings is 1. The van der Waals surface area contributed by atoms with Gasteiger partial charge in [-0.05, 0) is 6.07 Å². The highest BCUT2D eigenvalue weighted by molar-refractivity contribution is 7.09. The Morgan fingerprint density at radius 1 is 1.43 bits per heavy atom. The zero-order chi connectivity index (χ0) is 15.6. The molecule has 0 spiro atoms. The number of thiazole rings is 1. The molecule has 0 N–H and O–H groups in total. The van der Waals surface area contributed by atoms with Crippen LogP contribution in [-0.2, 0) is 12.0 Å². The van der Waals surface area contributed by atoms with Crippen molar-refractivity contribution in [3.8, 4) is 5.75 Å². The van der Waals surface area contributed by atoms with Crippen molar-refractivity contribution in [2.45, 2.75) is 32.8 Å². The molecule has 21 heavy (non-hydrogen) atoms. The minimum absolute atomic E-state index is 0.0335. The molecule has 0 fully saturated rings. The first kappa shape index (κ1) is 15.4. The smallest absolute Gasteiger partial charge is 0.305 e. The van der Waals surface area contributed by atoms with Crippen LogP contribution in [0.3, 0.4) is 0 Å². The molecule has 0 aliphatic heterocycles. The molecule has 7 heteroatoms. The second-order valence-electron chi connectivity index (χ2n) is 5.54. The molecule has 0 unspecified atom stereocenters. The number of hydrogen-bond donors (Lipinski definition) is 0. The molecule has 1 heterocycles. The van der Waals surface area contributed by atoms with Crippen LogP contribution in [0.2, 0.25) is 0 Å². The lowest BCUT2D eigenvalue weighted by molar-refractivity contribution is -0.387. The number of rotatable bonds is 4. The van der Waals surface area contributed by atoms with Gasteiger partial charge in [-0.2, -0.15) is 4.39 Å². The van der Waals surface area contributed by atoms with E-state index in [9.17, 15) is 14.5 Å². The van der Waals surface area contributed by atoms with Gasteiger partial charge in [0.2, 0.25) is 5.82 Å². The summed E-state index contributed by atoms with van der Waals surface area (Å²) >= 11 is 1.47. The molecular weight excluding hydrogens is 295 g/mol. The molecule has 2 rings (SSSR count). The largest absolute Gasteiger partial charge is 0.486 e. The van der Waals surface area contributed by atoms with Crippen LogP contribution in [0, 0.1) is 15.9 Å². The van der Waals surface area contributed by atoms with Gasteiger partial charge in [-0.15, -0.1) is 11.3 Å². The maximum atomic E-state index is 13.5. The summed E-state index contributed by atoms with van der Waals surface area (Å²) in [5.74, 6) is -0.669. The van der Waals surface area contributed by atoms with E-state index in [1.54, 1.807) is 0 Å². The number of ether oxygens (including phenoxy) is 1. The van der Waals surface area contributed by atoms with E-state index in [-0.39, 0.29) is 17.8 Å². The van der Waals surface area contributed by atoms with Crippen LogP contribution in [0.5, 0.6) is 5.75 Å². The van der Waals surface area contributed by atoms with Crippen molar-refractivity contribution >= 4 is 17.0 Å². The Morgan fingerprint density at radius 2 is 2.14 bits per heavy atom. The Hall–Kier alpha value is -2.02. The standard InChI is InChI=1S/C14H15FN2O3S/c1-14(2,3)12-8-21-13(16-12)7-20-9-4-5-11(17(18)19)10(15)6-9/h4-6,8H,7H2,1-3H3. The number of nitrogens with zero attached hydrogens (tertiary/aromatic N) is 2. The minimum Gasteiger partial charge on any atom is -0.486 e. The van der Waals surface area contributed by atoms with Crippen molar-refractivity contribution in [1.29, 1.82) is 0 Å². The monoisotopic (exact) mass is 310 g/mol. The second kappa shape index (κ2) is 5.77. The molecule has 1 aromatic carbocycles. The van der Waals surface area contributed by atoms with Crippen LogP contribution >= 0.6 is 11.3 Å². The van der Waals surface area contributed by atoms with Gasteiger partial charge in [0, 0.05) is 22.9 Å². The zero-order valence-corrected chi connectivity index (χ0v) is 12.7. The van der Waals surface area contributed by atoms with Crippen LogP contribution in [0.15, 0.2) is 23.6 Å². The third-order valence-corrected chi connectivity index (χ3v) is 3.62. The first-order valence-corrected chi connectivity index (χ1v) is 7.17. The summed E-state index contributed by atoms with van der Waals surface area (Å²) in [6.07, 6.45) is 0. The average molecular weight is 310 g/mol. The highest BCUT2D eigenvalue weighted by atomic mass is 32.1. The van der Waals surface area contributed by atoms with Gasteiger partial charge >= 0.3 is 5.69 Å². The fourth-order valence-electron chi connectivity index (χ4n) is 1.59. The Labute approximate surface area is 125 Å². The molecular formula is C14H15FN2O3S. The predicted octanol–water partition coefficient (Wildman–Crippen LogP) is 4.07. The summed E-state index contributed by atoms with van der Waals surface area (Å²) in [6.45, 7) is 6.41. The first-order valence-electron chi connectivity index (χ1n) is 6.29. The molecule has 0 aliphatic rings. The van der Waals surface area contributed by atoms with Gasteiger partial charge in [0.15, 0.2) is 0 Å². The molecule has 1 aromatic heterocycles. The van der Waals surface area contributed by atoms with E-state index in [0.29, 0.717) is 0 Å². The lowest BCUT2D eigenvalue weighted by Crippen LogP contribution is -2.11. The fourth-order valence-corrected chi connectivity index (χ4v) is 2.52. The second-order valence-corrected chi connectivity index (χ2v) is 6.48. The molecule has 0 radical (unpaired) electrons. The molecule has 0 saturated heterocycles. The van der Waals surface area contributed by atoms with E-state index in [1.807, 2.05) is 5.38 Å². The molecule has 112 valence electrons. The third-order valence-electron chi connectivity index (χ3n) is 2.80. The highest BCUT2D eigenvalue weighted by Crippen LogP contribution is 2.26. The number of nitro benzene ring substituents is 1. The van der Waals surface area contributed by atoms with Crippen molar-refractivity contribution in [1.82, 2.24) is 4.98 Å². The van der Waals surface area contributed by atoms with Gasteiger partial charge in [0.05, 0.1) is 10.6 Å². The Bertz CT molecular complexity index is 664. The maximum absolute atomic E-state index is 13.5. The lowest BCUT2D eigenvalue weighted by Gasteiger charge is -2.14. The molecule has 0 saturated carbocycles. The zero-order valence-electron chi connectivity index (χ0n) is 11.9. The summed E-state index contributed by atoms with van der Waals surface area (Å²) in [6, 6.07) is 3.48. The lowest BCUT2D eigenvalue weighted by atomic mass is 9.93. The Balaban J connectivity index is 2.05. The van der Waals surface area contributed by atoms with Crippen LogP contribution in [0.4, 0.5) is 10.1 Å². The normalized spacial score (nSPS) is 11.4. The van der Waals surface area contributed by atoms with E-state index in [4.69, 9.17) is 4.74 Å². The van der Waals surface area contributed by atoms with Gasteiger partial charge in [0.1, 0.15) is 17.4 Å². The minimum atomic E-state index is -0.910. The van der Waals surface area contributed by atoms with Crippen LogP contribution < -0.4 is 4.74 Å². The Morgan fingerprint density at radius 3 is 2.67 bits per heavy atom. The van der Waals surface area contributed by atoms with Crippen LogP contribution in [0.25, 0.3) is 0 Å². The SMILES string of the molecule is CC(C)(C)c1csc(COc2ccc([N+](=O)[O-])c(F)c2)n1. The fraction of sp³-hybridized carbons (Fsp3) is 0.357. The van der Waals surface area contributed by atoms with E-state index >= 15 is 0 Å². The summed E-state index contributed by atoms with van der Waals surface area (Å²) in [4.78, 5) is 14.2. The van der Waals surface area contributed by atoms with Crippen molar-refractivity contribution in [2.75, 3.05) is 0 Å². The summed E-state index contributed by atoms with van der Waals surface area (Å²) in [5.41, 5.74) is 0.376.